The number of ether oxygens (including phenoxy) is 2. The quantitative estimate of drug-likeness (QED) is 0.671. The fourth-order valence-corrected chi connectivity index (χ4v) is 1.07. The highest BCUT2D eigenvalue weighted by molar-refractivity contribution is 5.23. The van der Waals surface area contributed by atoms with E-state index in [1.54, 1.807) is 26.5 Å². The summed E-state index contributed by atoms with van der Waals surface area (Å²) in [6.07, 6.45) is 2.03. The second-order valence-corrected chi connectivity index (χ2v) is 2.77. The van der Waals surface area contributed by atoms with Crippen LogP contribution in [0.5, 0.6) is 0 Å². The molecule has 0 unspecified atom stereocenters. The molecule has 0 atom stereocenters. The highest BCUT2D eigenvalue weighted by Crippen LogP contribution is 2.05. The van der Waals surface area contributed by atoms with Crippen molar-refractivity contribution in [2.24, 2.45) is 0 Å². The average molecular weight is 192 g/mol. The SMILES string of the molecule is COC(Cc1ccc(C#N)nc1)OC. The van der Waals surface area contributed by atoms with Crippen molar-refractivity contribution in [1.82, 2.24) is 4.98 Å². The van der Waals surface area contributed by atoms with E-state index in [1.807, 2.05) is 12.1 Å². The van der Waals surface area contributed by atoms with Crippen molar-refractivity contribution in [3.05, 3.63) is 29.6 Å². The Labute approximate surface area is 83.1 Å². The van der Waals surface area contributed by atoms with E-state index in [0.29, 0.717) is 12.1 Å². The van der Waals surface area contributed by atoms with Crippen LogP contribution in [0.3, 0.4) is 0 Å². The van der Waals surface area contributed by atoms with Gasteiger partial charge in [0.1, 0.15) is 11.8 Å². The number of nitrogens with zero attached hydrogens (tertiary/aromatic N) is 2. The lowest BCUT2D eigenvalue weighted by molar-refractivity contribution is -0.100. The van der Waals surface area contributed by atoms with Gasteiger partial charge in [-0.15, -0.1) is 0 Å². The molecule has 0 saturated carbocycles. The van der Waals surface area contributed by atoms with Crippen LogP contribution in [0.15, 0.2) is 18.3 Å². The van der Waals surface area contributed by atoms with Crippen LogP contribution in [0.25, 0.3) is 0 Å². The lowest BCUT2D eigenvalue weighted by Gasteiger charge is -2.12. The molecule has 0 spiro atoms. The second kappa shape index (κ2) is 5.32. The Balaban J connectivity index is 2.64. The molecule has 1 rings (SSSR count). The topological polar surface area (TPSA) is 55.1 Å². The summed E-state index contributed by atoms with van der Waals surface area (Å²) in [6.45, 7) is 0. The number of pyridine rings is 1. The zero-order valence-corrected chi connectivity index (χ0v) is 8.23. The van der Waals surface area contributed by atoms with Crippen molar-refractivity contribution < 1.29 is 9.47 Å². The van der Waals surface area contributed by atoms with E-state index < -0.39 is 0 Å². The summed E-state index contributed by atoms with van der Waals surface area (Å²) in [6, 6.07) is 5.48. The Hall–Kier alpha value is -1.44. The molecule has 0 aliphatic rings. The molecule has 1 heterocycles. The monoisotopic (exact) mass is 192 g/mol. The van der Waals surface area contributed by atoms with Crippen LogP contribution in [0.1, 0.15) is 11.3 Å². The molecule has 0 aromatic carbocycles. The second-order valence-electron chi connectivity index (χ2n) is 2.77. The van der Waals surface area contributed by atoms with Crippen LogP contribution < -0.4 is 0 Å². The van der Waals surface area contributed by atoms with E-state index >= 15 is 0 Å². The molecule has 0 amide bonds. The minimum absolute atomic E-state index is 0.260. The standard InChI is InChI=1S/C10H12N2O2/c1-13-10(14-2)5-8-3-4-9(6-11)12-7-8/h3-4,7,10H,5H2,1-2H3. The molecule has 14 heavy (non-hydrogen) atoms. The van der Waals surface area contributed by atoms with Gasteiger partial charge in [0.2, 0.25) is 0 Å². The van der Waals surface area contributed by atoms with Crippen LogP contribution >= 0.6 is 0 Å². The van der Waals surface area contributed by atoms with Gasteiger partial charge in [-0.1, -0.05) is 6.07 Å². The number of aromatic nitrogens is 1. The summed E-state index contributed by atoms with van der Waals surface area (Å²) < 4.78 is 10.1. The normalized spacial score (nSPS) is 10.1. The predicted molar refractivity (Wildman–Crippen MR) is 50.5 cm³/mol. The molecule has 74 valence electrons. The summed E-state index contributed by atoms with van der Waals surface area (Å²) >= 11 is 0. The first-order chi connectivity index (χ1) is 6.80. The third kappa shape index (κ3) is 2.80. The molecule has 0 radical (unpaired) electrons. The summed E-state index contributed by atoms with van der Waals surface area (Å²) in [5.74, 6) is 0. The lowest BCUT2D eigenvalue weighted by atomic mass is 10.2. The summed E-state index contributed by atoms with van der Waals surface area (Å²) in [5.41, 5.74) is 1.40. The van der Waals surface area contributed by atoms with Gasteiger partial charge in [-0.2, -0.15) is 5.26 Å². The van der Waals surface area contributed by atoms with Crippen LogP contribution in [0, 0.1) is 11.3 Å². The number of nitriles is 1. The number of rotatable bonds is 4. The first kappa shape index (κ1) is 10.6. The molecule has 0 bridgehead atoms. The highest BCUT2D eigenvalue weighted by atomic mass is 16.7. The van der Waals surface area contributed by atoms with Crippen molar-refractivity contribution in [1.29, 1.82) is 5.26 Å². The van der Waals surface area contributed by atoms with Gasteiger partial charge >= 0.3 is 0 Å². The van der Waals surface area contributed by atoms with Crippen molar-refractivity contribution in [3.63, 3.8) is 0 Å². The van der Waals surface area contributed by atoms with E-state index in [1.165, 1.54) is 0 Å². The lowest BCUT2D eigenvalue weighted by Crippen LogP contribution is -2.16. The molecule has 4 heteroatoms. The van der Waals surface area contributed by atoms with E-state index in [4.69, 9.17) is 14.7 Å². The average Bonchev–Trinajstić information content (AvgIpc) is 2.26. The molecular formula is C10H12N2O2. The molecule has 1 aromatic heterocycles. The smallest absolute Gasteiger partial charge is 0.160 e. The molecule has 0 saturated heterocycles. The van der Waals surface area contributed by atoms with Gasteiger partial charge in [0.05, 0.1) is 0 Å². The van der Waals surface area contributed by atoms with Gasteiger partial charge in [-0.3, -0.25) is 0 Å². The Bertz CT molecular complexity index is 312. The first-order valence-corrected chi connectivity index (χ1v) is 4.20. The third-order valence-electron chi connectivity index (χ3n) is 1.87. The number of methoxy groups -OCH3 is 2. The molecule has 0 aliphatic heterocycles. The molecule has 4 nitrogen and oxygen atoms in total. The largest absolute Gasteiger partial charge is 0.356 e. The van der Waals surface area contributed by atoms with Gasteiger partial charge in [0.15, 0.2) is 6.29 Å². The van der Waals surface area contributed by atoms with Gasteiger partial charge < -0.3 is 9.47 Å². The van der Waals surface area contributed by atoms with Gasteiger partial charge in [0, 0.05) is 26.8 Å². The molecule has 1 aromatic rings. The van der Waals surface area contributed by atoms with E-state index in [9.17, 15) is 0 Å². The van der Waals surface area contributed by atoms with Crippen molar-refractivity contribution in [3.8, 4) is 6.07 Å². The van der Waals surface area contributed by atoms with Gasteiger partial charge in [-0.05, 0) is 11.6 Å². The molecule has 0 N–H and O–H groups in total. The molecule has 0 fully saturated rings. The zero-order valence-electron chi connectivity index (χ0n) is 8.23. The minimum Gasteiger partial charge on any atom is -0.356 e. The summed E-state index contributed by atoms with van der Waals surface area (Å²) in [7, 11) is 3.18. The van der Waals surface area contributed by atoms with E-state index in [2.05, 4.69) is 4.98 Å². The maximum absolute atomic E-state index is 8.54. The Morgan fingerprint density at radius 1 is 1.43 bits per heavy atom. The summed E-state index contributed by atoms with van der Waals surface area (Å²) in [4.78, 5) is 3.95. The maximum Gasteiger partial charge on any atom is 0.160 e. The Kier molecular flexibility index (Phi) is 4.05. The van der Waals surface area contributed by atoms with Crippen molar-refractivity contribution in [2.75, 3.05) is 14.2 Å². The first-order valence-electron chi connectivity index (χ1n) is 4.20. The fourth-order valence-electron chi connectivity index (χ4n) is 1.07. The molecule has 0 aliphatic carbocycles. The van der Waals surface area contributed by atoms with Crippen LogP contribution in [0.2, 0.25) is 0 Å². The minimum atomic E-state index is -0.260. The van der Waals surface area contributed by atoms with Crippen molar-refractivity contribution in [2.45, 2.75) is 12.7 Å². The van der Waals surface area contributed by atoms with E-state index in [-0.39, 0.29) is 6.29 Å². The number of hydrogen-bond acceptors (Lipinski definition) is 4. The van der Waals surface area contributed by atoms with Gasteiger partial charge in [0.25, 0.3) is 0 Å². The van der Waals surface area contributed by atoms with Crippen LogP contribution in [-0.4, -0.2) is 25.5 Å². The van der Waals surface area contributed by atoms with Gasteiger partial charge in [-0.25, -0.2) is 4.98 Å². The van der Waals surface area contributed by atoms with Crippen LogP contribution in [0.4, 0.5) is 0 Å². The predicted octanol–water partition coefficient (Wildman–Crippen LogP) is 1.11. The van der Waals surface area contributed by atoms with E-state index in [0.717, 1.165) is 5.56 Å². The fraction of sp³-hybridized carbons (Fsp3) is 0.400. The summed E-state index contributed by atoms with van der Waals surface area (Å²) in [5, 5.41) is 8.54. The maximum atomic E-state index is 8.54. The zero-order chi connectivity index (χ0) is 10.4. The Morgan fingerprint density at radius 2 is 2.14 bits per heavy atom. The van der Waals surface area contributed by atoms with Crippen molar-refractivity contribution >= 4 is 0 Å². The third-order valence-corrected chi connectivity index (χ3v) is 1.87. The Morgan fingerprint density at radius 3 is 2.57 bits per heavy atom. The molecular weight excluding hydrogens is 180 g/mol. The van der Waals surface area contributed by atoms with Crippen LogP contribution in [-0.2, 0) is 15.9 Å². The number of hydrogen-bond donors (Lipinski definition) is 0. The highest BCUT2D eigenvalue weighted by Gasteiger charge is 2.06.